The maximum atomic E-state index is 10.6. The van der Waals surface area contributed by atoms with Crippen molar-refractivity contribution in [3.63, 3.8) is 0 Å². The molecule has 0 saturated carbocycles. The molecule has 0 saturated heterocycles. The van der Waals surface area contributed by atoms with Crippen LogP contribution in [0, 0.1) is 17.0 Å². The third-order valence-electron chi connectivity index (χ3n) is 2.00. The minimum Gasteiger partial charge on any atom is -0.492 e. The number of sulfonamides is 1. The average molecular weight is 260 g/mol. The maximum Gasteiger partial charge on any atom is 0.272 e. The SMILES string of the molecule is Cc1cc(OCCS(N)(=O)=O)ccc1[N+](=O)[O-]. The molecule has 0 heterocycles. The van der Waals surface area contributed by atoms with Gasteiger partial charge in [-0.1, -0.05) is 0 Å². The van der Waals surface area contributed by atoms with E-state index in [-0.39, 0.29) is 18.0 Å². The number of benzene rings is 1. The number of ether oxygens (including phenoxy) is 1. The van der Waals surface area contributed by atoms with E-state index in [4.69, 9.17) is 9.88 Å². The van der Waals surface area contributed by atoms with Crippen LogP contribution in [0.15, 0.2) is 18.2 Å². The van der Waals surface area contributed by atoms with Crippen molar-refractivity contribution in [2.75, 3.05) is 12.4 Å². The number of rotatable bonds is 5. The highest BCUT2D eigenvalue weighted by atomic mass is 32.2. The molecule has 0 aliphatic carbocycles. The van der Waals surface area contributed by atoms with Gasteiger partial charge in [0.1, 0.15) is 12.4 Å². The largest absolute Gasteiger partial charge is 0.492 e. The molecule has 2 N–H and O–H groups in total. The molecule has 0 radical (unpaired) electrons. The minimum atomic E-state index is -3.56. The van der Waals surface area contributed by atoms with Crippen molar-refractivity contribution in [2.45, 2.75) is 6.92 Å². The van der Waals surface area contributed by atoms with Gasteiger partial charge in [-0.3, -0.25) is 10.1 Å². The molecule has 0 amide bonds. The van der Waals surface area contributed by atoms with Crippen LogP contribution in [-0.4, -0.2) is 25.7 Å². The van der Waals surface area contributed by atoms with Crippen molar-refractivity contribution in [1.29, 1.82) is 0 Å². The summed E-state index contributed by atoms with van der Waals surface area (Å²) in [6.45, 7) is 1.49. The van der Waals surface area contributed by atoms with Gasteiger partial charge in [-0.25, -0.2) is 13.6 Å². The number of aryl methyl sites for hydroxylation is 1. The summed E-state index contributed by atoms with van der Waals surface area (Å²) in [6, 6.07) is 4.19. The van der Waals surface area contributed by atoms with Crippen LogP contribution in [-0.2, 0) is 10.0 Å². The van der Waals surface area contributed by atoms with Gasteiger partial charge in [-0.15, -0.1) is 0 Å². The van der Waals surface area contributed by atoms with Gasteiger partial charge in [-0.05, 0) is 19.1 Å². The molecule has 8 heteroatoms. The second kappa shape index (κ2) is 5.11. The first-order valence-corrected chi connectivity index (χ1v) is 6.39. The molecule has 0 unspecified atom stereocenters. The van der Waals surface area contributed by atoms with Crippen LogP contribution in [0.1, 0.15) is 5.56 Å². The van der Waals surface area contributed by atoms with E-state index in [2.05, 4.69) is 0 Å². The Hall–Kier alpha value is -1.67. The number of nitro groups is 1. The first kappa shape index (κ1) is 13.4. The lowest BCUT2D eigenvalue weighted by Crippen LogP contribution is -2.21. The van der Waals surface area contributed by atoms with Crippen molar-refractivity contribution < 1.29 is 18.1 Å². The first-order valence-electron chi connectivity index (χ1n) is 4.68. The standard InChI is InChI=1S/C9H12N2O5S/c1-7-6-8(2-3-9(7)11(12)13)16-4-5-17(10,14)15/h2-3,6H,4-5H2,1H3,(H2,10,14,15). The third-order valence-corrected chi connectivity index (χ3v) is 2.74. The zero-order valence-corrected chi connectivity index (χ0v) is 9.94. The monoisotopic (exact) mass is 260 g/mol. The Morgan fingerprint density at radius 2 is 2.12 bits per heavy atom. The van der Waals surface area contributed by atoms with Crippen molar-refractivity contribution in [1.82, 2.24) is 0 Å². The first-order chi connectivity index (χ1) is 7.79. The van der Waals surface area contributed by atoms with E-state index in [1.807, 2.05) is 0 Å². The Morgan fingerprint density at radius 3 is 2.59 bits per heavy atom. The van der Waals surface area contributed by atoms with Crippen LogP contribution in [0.3, 0.4) is 0 Å². The molecule has 0 aromatic heterocycles. The Kier molecular flexibility index (Phi) is 4.02. The van der Waals surface area contributed by atoms with Gasteiger partial charge in [0.2, 0.25) is 10.0 Å². The quantitative estimate of drug-likeness (QED) is 0.614. The molecular weight excluding hydrogens is 248 g/mol. The fourth-order valence-electron chi connectivity index (χ4n) is 1.20. The lowest BCUT2D eigenvalue weighted by Gasteiger charge is -2.06. The van der Waals surface area contributed by atoms with Gasteiger partial charge in [0.25, 0.3) is 5.69 Å². The lowest BCUT2D eigenvalue weighted by molar-refractivity contribution is -0.385. The number of nitro benzene ring substituents is 1. The third kappa shape index (κ3) is 4.37. The van der Waals surface area contributed by atoms with Gasteiger partial charge in [0, 0.05) is 11.6 Å². The predicted octanol–water partition coefficient (Wildman–Crippen LogP) is 0.571. The van der Waals surface area contributed by atoms with Crippen molar-refractivity contribution >= 4 is 15.7 Å². The van der Waals surface area contributed by atoms with Crippen molar-refractivity contribution in [3.05, 3.63) is 33.9 Å². The number of nitrogens with two attached hydrogens (primary N) is 1. The summed E-state index contributed by atoms with van der Waals surface area (Å²) < 4.78 is 26.4. The molecule has 0 aliphatic rings. The highest BCUT2D eigenvalue weighted by molar-refractivity contribution is 7.89. The fraction of sp³-hybridized carbons (Fsp3) is 0.333. The number of hydrogen-bond acceptors (Lipinski definition) is 5. The van der Waals surface area contributed by atoms with Crippen molar-refractivity contribution in [2.24, 2.45) is 5.14 Å². The highest BCUT2D eigenvalue weighted by Crippen LogP contribution is 2.22. The zero-order chi connectivity index (χ0) is 13.1. The molecule has 17 heavy (non-hydrogen) atoms. The van der Waals surface area contributed by atoms with Crippen LogP contribution < -0.4 is 9.88 Å². The molecule has 94 valence electrons. The van der Waals surface area contributed by atoms with Gasteiger partial charge in [0.15, 0.2) is 0 Å². The van der Waals surface area contributed by atoms with E-state index in [0.717, 1.165) is 0 Å². The van der Waals surface area contributed by atoms with E-state index in [1.54, 1.807) is 6.92 Å². The van der Waals surface area contributed by atoms with Crippen molar-refractivity contribution in [3.8, 4) is 5.75 Å². The molecular formula is C9H12N2O5S. The molecule has 0 spiro atoms. The lowest BCUT2D eigenvalue weighted by atomic mass is 10.2. The molecule has 0 atom stereocenters. The fourth-order valence-corrected chi connectivity index (χ4v) is 1.51. The Bertz CT molecular complexity index is 526. The van der Waals surface area contributed by atoms with E-state index in [0.29, 0.717) is 11.3 Å². The molecule has 7 nitrogen and oxygen atoms in total. The normalized spacial score (nSPS) is 11.2. The van der Waals surface area contributed by atoms with E-state index >= 15 is 0 Å². The van der Waals surface area contributed by atoms with Crippen LogP contribution in [0.4, 0.5) is 5.69 Å². The summed E-state index contributed by atoms with van der Waals surface area (Å²) in [5, 5.41) is 15.3. The molecule has 1 aromatic rings. The van der Waals surface area contributed by atoms with Crippen LogP contribution >= 0.6 is 0 Å². The van der Waals surface area contributed by atoms with E-state index in [9.17, 15) is 18.5 Å². The summed E-state index contributed by atoms with van der Waals surface area (Å²) in [6.07, 6.45) is 0. The van der Waals surface area contributed by atoms with Gasteiger partial charge < -0.3 is 4.74 Å². The average Bonchev–Trinajstić information content (AvgIpc) is 2.15. The second-order valence-corrected chi connectivity index (χ2v) is 5.15. The minimum absolute atomic E-state index is 0.0104. The predicted molar refractivity (Wildman–Crippen MR) is 61.3 cm³/mol. The summed E-state index contributed by atoms with van der Waals surface area (Å²) in [5.74, 6) is 0.0694. The molecule has 1 rings (SSSR count). The van der Waals surface area contributed by atoms with Gasteiger partial charge in [-0.2, -0.15) is 0 Å². The van der Waals surface area contributed by atoms with E-state index < -0.39 is 14.9 Å². The highest BCUT2D eigenvalue weighted by Gasteiger charge is 2.11. The van der Waals surface area contributed by atoms with Crippen LogP contribution in [0.25, 0.3) is 0 Å². The molecule has 0 aliphatic heterocycles. The van der Waals surface area contributed by atoms with Crippen LogP contribution in [0.5, 0.6) is 5.75 Å². The second-order valence-electron chi connectivity index (χ2n) is 3.42. The Labute approximate surface area is 98.4 Å². The van der Waals surface area contributed by atoms with E-state index in [1.165, 1.54) is 18.2 Å². The van der Waals surface area contributed by atoms with Gasteiger partial charge in [0.05, 0.1) is 10.7 Å². The summed E-state index contributed by atoms with van der Waals surface area (Å²) in [4.78, 5) is 10.1. The number of nitrogens with zero attached hydrogens (tertiary/aromatic N) is 1. The Balaban J connectivity index is 2.68. The Morgan fingerprint density at radius 1 is 1.47 bits per heavy atom. The molecule has 1 aromatic carbocycles. The zero-order valence-electron chi connectivity index (χ0n) is 9.12. The molecule has 0 bridgehead atoms. The summed E-state index contributed by atoms with van der Waals surface area (Å²) in [7, 11) is -3.56. The summed E-state index contributed by atoms with van der Waals surface area (Å²) >= 11 is 0. The molecule has 0 fully saturated rings. The summed E-state index contributed by atoms with van der Waals surface area (Å²) in [5.41, 5.74) is 0.437. The number of primary sulfonamides is 1. The van der Waals surface area contributed by atoms with Gasteiger partial charge >= 0.3 is 0 Å². The maximum absolute atomic E-state index is 10.6. The topological polar surface area (TPSA) is 113 Å². The van der Waals surface area contributed by atoms with Crippen LogP contribution in [0.2, 0.25) is 0 Å². The smallest absolute Gasteiger partial charge is 0.272 e. The number of hydrogen-bond donors (Lipinski definition) is 1.